The molecule has 7 heteroatoms. The standard InChI is InChI=1S/C23H19N3O3S/c1-15(27)24-17-8-6-9-18(13-17)25-22(28)19-10-3-2-7-16(19)14-30-23-26-20-11-4-5-12-21(20)29-23/h2-13H,14H2,1H3,(H,24,27)(H,25,28). The molecule has 6 nitrogen and oxygen atoms in total. The first-order chi connectivity index (χ1) is 14.6. The summed E-state index contributed by atoms with van der Waals surface area (Å²) in [5.74, 6) is 0.159. The van der Waals surface area contributed by atoms with Crippen LogP contribution < -0.4 is 10.6 Å². The van der Waals surface area contributed by atoms with Gasteiger partial charge in [0.2, 0.25) is 5.91 Å². The number of carbonyl (C=O) groups is 2. The predicted molar refractivity (Wildman–Crippen MR) is 119 cm³/mol. The summed E-state index contributed by atoms with van der Waals surface area (Å²) in [6.07, 6.45) is 0. The van der Waals surface area contributed by atoms with Crippen LogP contribution in [0, 0.1) is 0 Å². The molecule has 0 aliphatic heterocycles. The van der Waals surface area contributed by atoms with Crippen LogP contribution >= 0.6 is 11.8 Å². The zero-order chi connectivity index (χ0) is 20.9. The van der Waals surface area contributed by atoms with Crippen molar-refractivity contribution < 1.29 is 14.0 Å². The molecule has 2 N–H and O–H groups in total. The Bertz CT molecular complexity index is 1190. The molecule has 0 aliphatic rings. The highest BCUT2D eigenvalue weighted by Crippen LogP contribution is 2.27. The lowest BCUT2D eigenvalue weighted by atomic mass is 10.1. The molecule has 1 heterocycles. The van der Waals surface area contributed by atoms with Crippen LogP contribution in [0.4, 0.5) is 11.4 Å². The van der Waals surface area contributed by atoms with Gasteiger partial charge in [-0.15, -0.1) is 0 Å². The maximum absolute atomic E-state index is 12.9. The van der Waals surface area contributed by atoms with Crippen molar-refractivity contribution in [2.45, 2.75) is 17.9 Å². The second-order valence-corrected chi connectivity index (χ2v) is 7.54. The summed E-state index contributed by atoms with van der Waals surface area (Å²) in [6, 6.07) is 22.1. The summed E-state index contributed by atoms with van der Waals surface area (Å²) in [5.41, 5.74) is 4.23. The Morgan fingerprint density at radius 2 is 1.67 bits per heavy atom. The van der Waals surface area contributed by atoms with E-state index in [-0.39, 0.29) is 11.8 Å². The summed E-state index contributed by atoms with van der Waals surface area (Å²) < 4.78 is 5.75. The van der Waals surface area contributed by atoms with E-state index in [4.69, 9.17) is 4.42 Å². The maximum Gasteiger partial charge on any atom is 0.257 e. The normalized spacial score (nSPS) is 10.7. The van der Waals surface area contributed by atoms with Crippen LogP contribution in [0.25, 0.3) is 11.1 Å². The summed E-state index contributed by atoms with van der Waals surface area (Å²) in [5, 5.41) is 6.17. The van der Waals surface area contributed by atoms with Gasteiger partial charge < -0.3 is 15.1 Å². The van der Waals surface area contributed by atoms with Crippen molar-refractivity contribution in [1.82, 2.24) is 4.98 Å². The molecule has 0 radical (unpaired) electrons. The van der Waals surface area contributed by atoms with Crippen LogP contribution in [0.5, 0.6) is 0 Å². The topological polar surface area (TPSA) is 84.2 Å². The number of oxazole rings is 1. The van der Waals surface area contributed by atoms with E-state index in [9.17, 15) is 9.59 Å². The monoisotopic (exact) mass is 417 g/mol. The Morgan fingerprint density at radius 1 is 0.933 bits per heavy atom. The van der Waals surface area contributed by atoms with Gasteiger partial charge in [-0.05, 0) is 42.0 Å². The fourth-order valence-corrected chi connectivity index (χ4v) is 3.84. The van der Waals surface area contributed by atoms with E-state index < -0.39 is 0 Å². The number of benzene rings is 3. The van der Waals surface area contributed by atoms with E-state index in [1.54, 1.807) is 30.3 Å². The highest BCUT2D eigenvalue weighted by molar-refractivity contribution is 7.98. The number of fused-ring (bicyclic) bond motifs is 1. The van der Waals surface area contributed by atoms with Crippen molar-refractivity contribution in [2.24, 2.45) is 0 Å². The molecule has 4 aromatic rings. The third-order valence-corrected chi connectivity index (χ3v) is 5.21. The van der Waals surface area contributed by atoms with Crippen LogP contribution in [0.2, 0.25) is 0 Å². The van der Waals surface area contributed by atoms with E-state index in [0.717, 1.165) is 16.7 Å². The van der Waals surface area contributed by atoms with Crippen LogP contribution in [0.15, 0.2) is 82.4 Å². The third-order valence-electron chi connectivity index (χ3n) is 4.33. The second kappa shape index (κ2) is 8.84. The van der Waals surface area contributed by atoms with Gasteiger partial charge in [-0.1, -0.05) is 48.2 Å². The fourth-order valence-electron chi connectivity index (χ4n) is 3.00. The largest absolute Gasteiger partial charge is 0.431 e. The summed E-state index contributed by atoms with van der Waals surface area (Å²) >= 11 is 1.44. The minimum absolute atomic E-state index is 0.167. The zero-order valence-corrected chi connectivity index (χ0v) is 17.0. The molecular formula is C23H19N3O3S. The average molecular weight is 417 g/mol. The number of carbonyl (C=O) groups excluding carboxylic acids is 2. The van der Waals surface area contributed by atoms with Crippen molar-refractivity contribution in [3.8, 4) is 0 Å². The molecule has 0 atom stereocenters. The lowest BCUT2D eigenvalue weighted by Gasteiger charge is -2.11. The van der Waals surface area contributed by atoms with Crippen molar-refractivity contribution in [2.75, 3.05) is 10.6 Å². The number of hydrogen-bond acceptors (Lipinski definition) is 5. The van der Waals surface area contributed by atoms with Gasteiger partial charge in [-0.3, -0.25) is 9.59 Å². The Balaban J connectivity index is 1.48. The fraction of sp³-hybridized carbons (Fsp3) is 0.0870. The van der Waals surface area contributed by atoms with Gasteiger partial charge >= 0.3 is 0 Å². The van der Waals surface area contributed by atoms with Gasteiger partial charge in [0.15, 0.2) is 5.58 Å². The Labute approximate surface area is 177 Å². The van der Waals surface area contributed by atoms with Crippen LogP contribution in [0.1, 0.15) is 22.8 Å². The second-order valence-electron chi connectivity index (χ2n) is 6.61. The summed E-state index contributed by atoms with van der Waals surface area (Å²) in [7, 11) is 0. The highest BCUT2D eigenvalue weighted by Gasteiger charge is 2.13. The number of hydrogen-bond donors (Lipinski definition) is 2. The number of amides is 2. The van der Waals surface area contributed by atoms with Gasteiger partial charge in [0, 0.05) is 29.6 Å². The zero-order valence-electron chi connectivity index (χ0n) is 16.2. The molecular weight excluding hydrogens is 398 g/mol. The molecule has 0 spiro atoms. The minimum Gasteiger partial charge on any atom is -0.431 e. The first-order valence-electron chi connectivity index (χ1n) is 9.34. The number of nitrogens with zero attached hydrogens (tertiary/aromatic N) is 1. The number of thioether (sulfide) groups is 1. The smallest absolute Gasteiger partial charge is 0.257 e. The van der Waals surface area contributed by atoms with Crippen LogP contribution in [0.3, 0.4) is 0 Å². The molecule has 3 aromatic carbocycles. The number of nitrogens with one attached hydrogen (secondary N) is 2. The predicted octanol–water partition coefficient (Wildman–Crippen LogP) is 5.33. The quantitative estimate of drug-likeness (QED) is 0.414. The Kier molecular flexibility index (Phi) is 5.81. The van der Waals surface area contributed by atoms with E-state index in [2.05, 4.69) is 15.6 Å². The maximum atomic E-state index is 12.9. The van der Waals surface area contributed by atoms with E-state index >= 15 is 0 Å². The summed E-state index contributed by atoms with van der Waals surface area (Å²) in [6.45, 7) is 1.44. The molecule has 2 amide bonds. The van der Waals surface area contributed by atoms with Crippen molar-refractivity contribution in [3.05, 3.63) is 83.9 Å². The van der Waals surface area contributed by atoms with Crippen molar-refractivity contribution in [1.29, 1.82) is 0 Å². The van der Waals surface area contributed by atoms with Gasteiger partial charge in [-0.25, -0.2) is 4.98 Å². The molecule has 1 aromatic heterocycles. The van der Waals surface area contributed by atoms with Crippen molar-refractivity contribution in [3.63, 3.8) is 0 Å². The Hall–Kier alpha value is -3.58. The van der Waals surface area contributed by atoms with Crippen LogP contribution in [-0.4, -0.2) is 16.8 Å². The molecule has 0 fully saturated rings. The molecule has 0 bridgehead atoms. The van der Waals surface area contributed by atoms with E-state index in [1.807, 2.05) is 42.5 Å². The first-order valence-corrected chi connectivity index (χ1v) is 10.3. The van der Waals surface area contributed by atoms with Gasteiger partial charge in [0.05, 0.1) is 0 Å². The molecule has 0 saturated heterocycles. The van der Waals surface area contributed by atoms with Gasteiger partial charge in [0.1, 0.15) is 5.52 Å². The highest BCUT2D eigenvalue weighted by atomic mass is 32.2. The molecule has 150 valence electrons. The number of para-hydroxylation sites is 2. The van der Waals surface area contributed by atoms with E-state index in [0.29, 0.717) is 27.9 Å². The molecule has 0 saturated carbocycles. The number of anilines is 2. The van der Waals surface area contributed by atoms with Gasteiger partial charge in [0.25, 0.3) is 11.1 Å². The molecule has 30 heavy (non-hydrogen) atoms. The molecule has 0 aliphatic carbocycles. The molecule has 4 rings (SSSR count). The average Bonchev–Trinajstić information content (AvgIpc) is 3.15. The lowest BCUT2D eigenvalue weighted by molar-refractivity contribution is -0.114. The van der Waals surface area contributed by atoms with E-state index in [1.165, 1.54) is 18.7 Å². The summed E-state index contributed by atoms with van der Waals surface area (Å²) in [4.78, 5) is 28.6. The minimum atomic E-state index is -0.219. The Morgan fingerprint density at radius 3 is 2.47 bits per heavy atom. The van der Waals surface area contributed by atoms with Gasteiger partial charge in [-0.2, -0.15) is 0 Å². The first kappa shape index (κ1) is 19.7. The third kappa shape index (κ3) is 4.69. The number of rotatable bonds is 6. The van der Waals surface area contributed by atoms with Crippen LogP contribution in [-0.2, 0) is 10.5 Å². The molecule has 0 unspecified atom stereocenters. The number of aromatic nitrogens is 1. The lowest BCUT2D eigenvalue weighted by Crippen LogP contribution is -2.14. The SMILES string of the molecule is CC(=O)Nc1cccc(NC(=O)c2ccccc2CSc2nc3ccccc3o2)c1. The van der Waals surface area contributed by atoms with Crippen molar-refractivity contribution >= 4 is 46.1 Å².